The van der Waals surface area contributed by atoms with Crippen molar-refractivity contribution in [3.8, 4) is 0 Å². The van der Waals surface area contributed by atoms with Crippen LogP contribution >= 0.6 is 0 Å². The van der Waals surface area contributed by atoms with Crippen LogP contribution in [0.25, 0.3) is 0 Å². The second kappa shape index (κ2) is 25.2. The van der Waals surface area contributed by atoms with Gasteiger partial charge in [0.2, 0.25) is 5.91 Å². The van der Waals surface area contributed by atoms with Crippen molar-refractivity contribution in [2.45, 2.75) is 124 Å². The molecule has 0 aliphatic rings. The summed E-state index contributed by atoms with van der Waals surface area (Å²) in [4.78, 5) is 19.4. The number of rotatable bonds is 10. The summed E-state index contributed by atoms with van der Waals surface area (Å²) in [6.45, 7) is 23.4. The Hall–Kier alpha value is -1.20. The van der Waals surface area contributed by atoms with Gasteiger partial charge in [0, 0.05) is 35.9 Å². The summed E-state index contributed by atoms with van der Waals surface area (Å²) in [5, 5.41) is 17.3. The maximum Gasteiger partial charge on any atom is 2.00 e. The van der Waals surface area contributed by atoms with E-state index in [2.05, 4.69) is 43.8 Å². The number of pyridine rings is 1. The number of carbonyl (C=O) groups excluding carboxylic acids is 1. The van der Waals surface area contributed by atoms with E-state index in [1.54, 1.807) is 52.0 Å². The number of hydrogen-bond donors (Lipinski definition) is 2. The minimum absolute atomic E-state index is 0. The van der Waals surface area contributed by atoms with Crippen molar-refractivity contribution in [1.82, 2.24) is 9.88 Å². The van der Waals surface area contributed by atoms with E-state index in [9.17, 15) is 13.6 Å². The molecule has 1 unspecified atom stereocenters. The van der Waals surface area contributed by atoms with Crippen molar-refractivity contribution < 1.29 is 45.5 Å². The fraction of sp³-hybridized carbons (Fsp3) is 0.625. The normalized spacial score (nSPS) is 11.1. The first-order chi connectivity index (χ1) is 19.0. The Kier molecular flexibility index (Phi) is 27.1. The molecule has 238 valence electrons. The zero-order valence-electron chi connectivity index (χ0n) is 27.9. The van der Waals surface area contributed by atoms with Crippen LogP contribution in [0.1, 0.15) is 95.8 Å². The molecule has 1 heterocycles. The summed E-state index contributed by atoms with van der Waals surface area (Å²) in [6.07, 6.45) is 8.61. The Morgan fingerprint density at radius 3 is 1.83 bits per heavy atom. The van der Waals surface area contributed by atoms with Crippen LogP contribution in [0.3, 0.4) is 0 Å². The van der Waals surface area contributed by atoms with Crippen LogP contribution in [0, 0.1) is 13.1 Å². The molecule has 10 heteroatoms. The largest absolute Gasteiger partial charge is 2.00 e. The van der Waals surface area contributed by atoms with E-state index >= 15 is 0 Å². The van der Waals surface area contributed by atoms with Crippen molar-refractivity contribution in [3.63, 3.8) is 0 Å². The first-order valence-electron chi connectivity index (χ1n) is 14.7. The fourth-order valence-electron chi connectivity index (χ4n) is 3.27. The topological polar surface area (TPSA) is 114 Å². The molecule has 0 aliphatic heterocycles. The number of aliphatic hydroxyl groups excluding tert-OH is 2. The van der Waals surface area contributed by atoms with Gasteiger partial charge in [0.05, 0.1) is 8.07 Å². The smallest absolute Gasteiger partial charge is 0.768 e. The van der Waals surface area contributed by atoms with Gasteiger partial charge in [-0.1, -0.05) is 76.1 Å². The minimum Gasteiger partial charge on any atom is -0.768 e. The second-order valence-corrected chi connectivity index (χ2v) is 17.4. The van der Waals surface area contributed by atoms with E-state index in [1.165, 1.54) is 24.4 Å². The molecule has 2 rings (SSSR count). The molecule has 0 radical (unpaired) electrons. The molecule has 1 amide bonds. The molecule has 0 saturated carbocycles. The van der Waals surface area contributed by atoms with Crippen LogP contribution in [0.15, 0.2) is 35.2 Å². The van der Waals surface area contributed by atoms with E-state index in [1.807, 2.05) is 25.7 Å². The molecule has 2 N–H and O–H groups in total. The monoisotopic (exact) mass is 656 g/mol. The van der Waals surface area contributed by atoms with Gasteiger partial charge in [-0.25, -0.2) is 0 Å². The van der Waals surface area contributed by atoms with Crippen molar-refractivity contribution in [2.24, 2.45) is 0 Å². The van der Waals surface area contributed by atoms with Gasteiger partial charge in [0.1, 0.15) is 0 Å². The van der Waals surface area contributed by atoms with E-state index < -0.39 is 19.2 Å². The van der Waals surface area contributed by atoms with Crippen LogP contribution in [0.4, 0.5) is 0 Å². The minimum atomic E-state index is -2.09. The molecule has 0 bridgehead atoms. The van der Waals surface area contributed by atoms with E-state index in [-0.39, 0.29) is 39.8 Å². The zero-order chi connectivity index (χ0) is 32.2. The number of nitrogens with zero attached hydrogens (tertiary/aromatic N) is 2. The first kappa shape index (κ1) is 45.2. The molecule has 1 atom stereocenters. The SMILES string of the molecule is CC(C)O.CC(C)O.CCCCCCc1cc([Si](C)(C)C)[c-]nc1C(=O)N(CC)CC.Cc1ccc(S(=O)[O-])cc1.[Ti+2]. The Balaban J connectivity index is -0.000000656. The van der Waals surface area contributed by atoms with Crippen molar-refractivity contribution in [3.05, 3.63) is 53.3 Å². The van der Waals surface area contributed by atoms with E-state index in [0.29, 0.717) is 10.6 Å². The number of aliphatic hydroxyl groups is 2. The third-order valence-corrected chi connectivity index (χ3v) is 8.01. The Labute approximate surface area is 275 Å². The Morgan fingerprint density at radius 2 is 1.45 bits per heavy atom. The molecule has 42 heavy (non-hydrogen) atoms. The van der Waals surface area contributed by atoms with Gasteiger partial charge in [-0.2, -0.15) is 11.3 Å². The quantitative estimate of drug-likeness (QED) is 0.140. The average Bonchev–Trinajstić information content (AvgIpc) is 2.86. The van der Waals surface area contributed by atoms with Crippen LogP contribution in [0.5, 0.6) is 0 Å². The van der Waals surface area contributed by atoms with Crippen LogP contribution in [-0.2, 0) is 39.2 Å². The standard InChI is InChI=1S/C19H33N2OSi.C7H8O2S.2C3H8O.Ti/c1-7-10-11-12-13-16-14-17(23(4,5)6)15-20-18(16)19(22)21(8-2)9-3;1-6-2-4-7(5-3-6)10(8)9;2*1-3(2)4;/h14H,7-13H2,1-6H3;2-5H,1H3,(H,8,9);2*3-4H,1-2H3;/q-1;;;;+2/p-1. The van der Waals surface area contributed by atoms with Crippen LogP contribution in [-0.4, -0.2) is 68.1 Å². The summed E-state index contributed by atoms with van der Waals surface area (Å²) < 4.78 is 20.6. The predicted octanol–water partition coefficient (Wildman–Crippen LogP) is 6.04. The number of aromatic nitrogens is 1. The molecule has 1 aromatic carbocycles. The van der Waals surface area contributed by atoms with Gasteiger partial charge in [-0.15, -0.1) is 5.56 Å². The second-order valence-electron chi connectivity index (χ2n) is 11.4. The predicted molar refractivity (Wildman–Crippen MR) is 174 cm³/mol. The number of aryl methyl sites for hydroxylation is 2. The average molecular weight is 657 g/mol. The third-order valence-electron chi connectivity index (χ3n) is 5.49. The summed E-state index contributed by atoms with van der Waals surface area (Å²) in [5.74, 6) is 0.0545. The molecule has 0 fully saturated rings. The van der Waals surface area contributed by atoms with Crippen molar-refractivity contribution in [1.29, 1.82) is 0 Å². The zero-order valence-corrected chi connectivity index (χ0v) is 31.3. The van der Waals surface area contributed by atoms with Gasteiger partial charge in [-0.3, -0.25) is 9.00 Å². The van der Waals surface area contributed by atoms with Gasteiger partial charge in [0.15, 0.2) is 0 Å². The van der Waals surface area contributed by atoms with Crippen molar-refractivity contribution in [2.75, 3.05) is 13.1 Å². The van der Waals surface area contributed by atoms with Gasteiger partial charge in [0.25, 0.3) is 0 Å². The number of hydrogen-bond acceptors (Lipinski definition) is 6. The van der Waals surface area contributed by atoms with Gasteiger partial charge in [-0.05, 0) is 78.1 Å². The molecule has 2 aromatic rings. The molecule has 0 aliphatic carbocycles. The summed E-state index contributed by atoms with van der Waals surface area (Å²) >= 11 is -2.09. The summed E-state index contributed by atoms with van der Waals surface area (Å²) in [7, 11) is -1.46. The van der Waals surface area contributed by atoms with Crippen molar-refractivity contribution >= 4 is 30.2 Å². The maximum absolute atomic E-state index is 12.7. The Morgan fingerprint density at radius 1 is 0.976 bits per heavy atom. The molecule has 0 saturated heterocycles. The number of amides is 1. The number of carbonyl (C=O) groups is 1. The number of unbranched alkanes of at least 4 members (excludes halogenated alkanes) is 3. The van der Waals surface area contributed by atoms with E-state index in [0.717, 1.165) is 37.1 Å². The van der Waals surface area contributed by atoms with Crippen LogP contribution < -0.4 is 5.19 Å². The first-order valence-corrected chi connectivity index (χ1v) is 19.3. The molecular formula is C32H56N2O5SSiTi. The molecule has 1 aromatic heterocycles. The maximum atomic E-state index is 12.7. The molecule has 0 spiro atoms. The molecule has 7 nitrogen and oxygen atoms in total. The fourth-order valence-corrected chi connectivity index (χ4v) is 4.63. The Bertz CT molecular complexity index is 984. The molecular weight excluding hydrogens is 600 g/mol. The summed E-state index contributed by atoms with van der Waals surface area (Å²) in [6, 6.07) is 8.91. The van der Waals surface area contributed by atoms with Crippen LogP contribution in [0.2, 0.25) is 19.6 Å². The summed E-state index contributed by atoms with van der Waals surface area (Å²) in [5.41, 5.74) is 2.80. The van der Waals surface area contributed by atoms with Gasteiger partial charge < -0.3 is 24.6 Å². The third kappa shape index (κ3) is 22.4. The van der Waals surface area contributed by atoms with Gasteiger partial charge >= 0.3 is 21.7 Å². The number of benzene rings is 1. The van der Waals surface area contributed by atoms with E-state index in [4.69, 9.17) is 10.2 Å².